The van der Waals surface area contributed by atoms with Crippen LogP contribution in [0.2, 0.25) is 0 Å². The lowest BCUT2D eigenvalue weighted by molar-refractivity contribution is 0.628. The van der Waals surface area contributed by atoms with Gasteiger partial charge in [-0.05, 0) is 18.2 Å². The minimum absolute atomic E-state index is 0.0260. The van der Waals surface area contributed by atoms with E-state index in [-0.39, 0.29) is 12.2 Å². The summed E-state index contributed by atoms with van der Waals surface area (Å²) >= 11 is 0. The molecular formula is C10H8FN3O. The molecule has 15 heavy (non-hydrogen) atoms. The van der Waals surface area contributed by atoms with E-state index in [2.05, 4.69) is 0 Å². The summed E-state index contributed by atoms with van der Waals surface area (Å²) in [5.41, 5.74) is 0.762. The Balaban J connectivity index is 2.89. The van der Waals surface area contributed by atoms with Gasteiger partial charge in [-0.25, -0.2) is 9.18 Å². The van der Waals surface area contributed by atoms with Gasteiger partial charge in [0.1, 0.15) is 12.4 Å². The van der Waals surface area contributed by atoms with Gasteiger partial charge >= 0.3 is 5.69 Å². The van der Waals surface area contributed by atoms with Crippen LogP contribution in [0.5, 0.6) is 0 Å². The second kappa shape index (κ2) is 3.24. The van der Waals surface area contributed by atoms with Gasteiger partial charge in [-0.1, -0.05) is 0 Å². The maximum absolute atomic E-state index is 13.0. The van der Waals surface area contributed by atoms with Crippen molar-refractivity contribution in [1.82, 2.24) is 9.13 Å². The predicted octanol–water partition coefficient (Wildman–Crippen LogP) is 1.00. The van der Waals surface area contributed by atoms with E-state index in [1.54, 1.807) is 7.05 Å². The molecule has 2 rings (SSSR count). The van der Waals surface area contributed by atoms with Gasteiger partial charge in [0.15, 0.2) is 0 Å². The van der Waals surface area contributed by atoms with Crippen molar-refractivity contribution in [3.05, 3.63) is 34.5 Å². The fourth-order valence-electron chi connectivity index (χ4n) is 1.60. The number of nitriles is 1. The molecule has 0 spiro atoms. The molecule has 5 heteroatoms. The molecule has 0 unspecified atom stereocenters. The van der Waals surface area contributed by atoms with E-state index < -0.39 is 5.82 Å². The van der Waals surface area contributed by atoms with E-state index in [9.17, 15) is 9.18 Å². The minimum atomic E-state index is -0.396. The van der Waals surface area contributed by atoms with Crippen molar-refractivity contribution in [2.24, 2.45) is 7.05 Å². The summed E-state index contributed by atoms with van der Waals surface area (Å²) in [6.45, 7) is -0.0260. The Hall–Kier alpha value is -2.09. The van der Waals surface area contributed by atoms with Crippen LogP contribution in [0.15, 0.2) is 23.0 Å². The van der Waals surface area contributed by atoms with Crippen LogP contribution in [0.4, 0.5) is 4.39 Å². The average molecular weight is 205 g/mol. The number of aromatic nitrogens is 2. The summed E-state index contributed by atoms with van der Waals surface area (Å²) in [7, 11) is 1.55. The maximum Gasteiger partial charge on any atom is 0.329 e. The zero-order valence-corrected chi connectivity index (χ0v) is 8.07. The van der Waals surface area contributed by atoms with Crippen molar-refractivity contribution in [1.29, 1.82) is 5.26 Å². The third-order valence-corrected chi connectivity index (χ3v) is 2.34. The van der Waals surface area contributed by atoms with E-state index >= 15 is 0 Å². The van der Waals surface area contributed by atoms with Gasteiger partial charge in [0.05, 0.1) is 17.1 Å². The molecule has 0 saturated carbocycles. The van der Waals surface area contributed by atoms with Crippen molar-refractivity contribution in [3.63, 3.8) is 0 Å². The van der Waals surface area contributed by atoms with Gasteiger partial charge in [0, 0.05) is 7.05 Å². The number of aryl methyl sites for hydroxylation is 1. The molecular weight excluding hydrogens is 197 g/mol. The van der Waals surface area contributed by atoms with Crippen LogP contribution in [-0.2, 0) is 13.6 Å². The number of rotatable bonds is 1. The molecule has 1 aromatic heterocycles. The fraction of sp³-hybridized carbons (Fsp3) is 0.200. The maximum atomic E-state index is 13.0. The molecule has 0 aliphatic rings. The lowest BCUT2D eigenvalue weighted by atomic mass is 10.3. The predicted molar refractivity (Wildman–Crippen MR) is 52.8 cm³/mol. The van der Waals surface area contributed by atoms with Crippen molar-refractivity contribution in [2.75, 3.05) is 0 Å². The van der Waals surface area contributed by atoms with Gasteiger partial charge in [-0.2, -0.15) is 5.26 Å². The Morgan fingerprint density at radius 2 is 2.20 bits per heavy atom. The smallest absolute Gasteiger partial charge is 0.295 e. The largest absolute Gasteiger partial charge is 0.329 e. The van der Waals surface area contributed by atoms with E-state index in [1.807, 2.05) is 6.07 Å². The summed E-state index contributed by atoms with van der Waals surface area (Å²) in [5.74, 6) is -0.396. The van der Waals surface area contributed by atoms with E-state index in [0.29, 0.717) is 11.0 Å². The summed E-state index contributed by atoms with van der Waals surface area (Å²) < 4.78 is 15.6. The quantitative estimate of drug-likeness (QED) is 0.697. The average Bonchev–Trinajstić information content (AvgIpc) is 2.44. The topological polar surface area (TPSA) is 50.7 Å². The van der Waals surface area contributed by atoms with Crippen LogP contribution >= 0.6 is 0 Å². The molecule has 0 aliphatic carbocycles. The molecule has 1 aromatic carbocycles. The lowest BCUT2D eigenvalue weighted by Crippen LogP contribution is -2.21. The standard InChI is InChI=1S/C10H8FN3O/c1-13-9-6-7(11)2-3-8(9)14(5-4-12)10(13)15/h2-3,6H,5H2,1H3. The number of nitrogens with zero attached hydrogens (tertiary/aromatic N) is 3. The third-order valence-electron chi connectivity index (χ3n) is 2.34. The first-order valence-electron chi connectivity index (χ1n) is 4.37. The molecule has 0 fully saturated rings. The first kappa shape index (κ1) is 9.46. The van der Waals surface area contributed by atoms with Gasteiger partial charge in [0.2, 0.25) is 0 Å². The second-order valence-electron chi connectivity index (χ2n) is 3.22. The van der Waals surface area contributed by atoms with Crippen molar-refractivity contribution in [2.45, 2.75) is 6.54 Å². The Labute approximate surface area is 84.8 Å². The zero-order chi connectivity index (χ0) is 11.0. The highest BCUT2D eigenvalue weighted by Gasteiger charge is 2.10. The normalized spacial score (nSPS) is 10.5. The molecule has 0 amide bonds. The minimum Gasteiger partial charge on any atom is -0.295 e. The molecule has 4 nitrogen and oxygen atoms in total. The van der Waals surface area contributed by atoms with Crippen molar-refractivity contribution < 1.29 is 4.39 Å². The number of imidazole rings is 1. The van der Waals surface area contributed by atoms with Crippen LogP contribution in [-0.4, -0.2) is 9.13 Å². The molecule has 76 valence electrons. The highest BCUT2D eigenvalue weighted by molar-refractivity contribution is 5.76. The second-order valence-corrected chi connectivity index (χ2v) is 3.22. The van der Waals surface area contributed by atoms with E-state index in [1.165, 1.54) is 27.3 Å². The summed E-state index contributed by atoms with van der Waals surface area (Å²) in [5, 5.41) is 8.57. The third kappa shape index (κ3) is 1.31. The monoisotopic (exact) mass is 205 g/mol. The highest BCUT2D eigenvalue weighted by atomic mass is 19.1. The SMILES string of the molecule is Cn1c(=O)n(CC#N)c2ccc(F)cc21. The van der Waals surface area contributed by atoms with E-state index in [0.717, 1.165) is 0 Å². The van der Waals surface area contributed by atoms with E-state index in [4.69, 9.17) is 5.26 Å². The van der Waals surface area contributed by atoms with Gasteiger partial charge in [-0.3, -0.25) is 9.13 Å². The van der Waals surface area contributed by atoms with Crippen LogP contribution < -0.4 is 5.69 Å². The zero-order valence-electron chi connectivity index (χ0n) is 8.07. The molecule has 0 bridgehead atoms. The number of halogens is 1. The number of benzene rings is 1. The summed E-state index contributed by atoms with van der Waals surface area (Å²) in [6.07, 6.45) is 0. The number of hydrogen-bond donors (Lipinski definition) is 0. The van der Waals surface area contributed by atoms with Crippen molar-refractivity contribution in [3.8, 4) is 6.07 Å². The van der Waals surface area contributed by atoms with Crippen LogP contribution in [0.1, 0.15) is 0 Å². The van der Waals surface area contributed by atoms with Crippen molar-refractivity contribution >= 4 is 11.0 Å². The molecule has 0 atom stereocenters. The number of fused-ring (bicyclic) bond motifs is 1. The van der Waals surface area contributed by atoms with Gasteiger partial charge in [0.25, 0.3) is 0 Å². The number of hydrogen-bond acceptors (Lipinski definition) is 2. The highest BCUT2D eigenvalue weighted by Crippen LogP contribution is 2.13. The molecule has 1 heterocycles. The van der Waals surface area contributed by atoms with Gasteiger partial charge < -0.3 is 0 Å². The Kier molecular flexibility index (Phi) is 2.05. The van der Waals surface area contributed by atoms with Crippen LogP contribution in [0.3, 0.4) is 0 Å². The van der Waals surface area contributed by atoms with Gasteiger partial charge in [-0.15, -0.1) is 0 Å². The Morgan fingerprint density at radius 1 is 1.47 bits per heavy atom. The summed E-state index contributed by atoms with van der Waals surface area (Å²) in [6, 6.07) is 5.96. The molecule has 0 aliphatic heterocycles. The van der Waals surface area contributed by atoms with Crippen LogP contribution in [0, 0.1) is 17.1 Å². The molecule has 0 N–H and O–H groups in total. The molecule has 0 radical (unpaired) electrons. The fourth-order valence-corrected chi connectivity index (χ4v) is 1.60. The first-order chi connectivity index (χ1) is 7.15. The molecule has 2 aromatic rings. The van der Waals surface area contributed by atoms with Crippen LogP contribution in [0.25, 0.3) is 11.0 Å². The lowest BCUT2D eigenvalue weighted by Gasteiger charge is -1.95. The molecule has 0 saturated heterocycles. The Bertz CT molecular complexity index is 618. The summed E-state index contributed by atoms with van der Waals surface area (Å²) in [4.78, 5) is 11.6. The Morgan fingerprint density at radius 3 is 2.87 bits per heavy atom. The first-order valence-corrected chi connectivity index (χ1v) is 4.37.